The number of para-hydroxylation sites is 1. The topological polar surface area (TPSA) is 79.8 Å². The van der Waals surface area contributed by atoms with Crippen molar-refractivity contribution in [2.45, 2.75) is 29.9 Å². The second-order valence-electron chi connectivity index (χ2n) is 7.90. The summed E-state index contributed by atoms with van der Waals surface area (Å²) in [5.74, 6) is 0. The standard InChI is InChI=1S/C23H23N3O4S/c27-23-26(16-20(30-23)17-6-2-1-3-7-17)19-11-14-25(15-12-19)31(28,29)21-10-4-8-18-9-5-13-24-22(18)21/h1-10,13,19-20H,11-12,14-16H2. The molecule has 0 bridgehead atoms. The van der Waals surface area contributed by atoms with Gasteiger partial charge in [0.1, 0.15) is 11.0 Å². The molecule has 0 aliphatic carbocycles. The van der Waals surface area contributed by atoms with Gasteiger partial charge in [0.15, 0.2) is 0 Å². The molecule has 0 saturated carbocycles. The summed E-state index contributed by atoms with van der Waals surface area (Å²) < 4.78 is 33.7. The molecular formula is C23H23N3O4S. The maximum Gasteiger partial charge on any atom is 0.410 e. The van der Waals surface area contributed by atoms with Crippen LogP contribution in [0, 0.1) is 0 Å². The van der Waals surface area contributed by atoms with E-state index in [0.717, 1.165) is 10.9 Å². The third kappa shape index (κ3) is 3.66. The average molecular weight is 438 g/mol. The van der Waals surface area contributed by atoms with E-state index in [2.05, 4.69) is 4.98 Å². The summed E-state index contributed by atoms with van der Waals surface area (Å²) >= 11 is 0. The quantitative estimate of drug-likeness (QED) is 0.623. The van der Waals surface area contributed by atoms with Crippen molar-refractivity contribution in [3.63, 3.8) is 0 Å². The Labute approximate surface area is 181 Å². The van der Waals surface area contributed by atoms with E-state index in [-0.39, 0.29) is 23.1 Å². The number of carbonyl (C=O) groups is 1. The van der Waals surface area contributed by atoms with Crippen molar-refractivity contribution in [3.8, 4) is 0 Å². The summed E-state index contributed by atoms with van der Waals surface area (Å²) in [6.07, 6.45) is 2.16. The van der Waals surface area contributed by atoms with Crippen molar-refractivity contribution in [1.29, 1.82) is 0 Å². The summed E-state index contributed by atoms with van der Waals surface area (Å²) in [4.78, 5) is 18.7. The van der Waals surface area contributed by atoms with Gasteiger partial charge in [0.2, 0.25) is 10.0 Å². The van der Waals surface area contributed by atoms with Crippen molar-refractivity contribution >= 4 is 27.0 Å². The zero-order valence-corrected chi connectivity index (χ0v) is 17.7. The fourth-order valence-corrected chi connectivity index (χ4v) is 6.07. The lowest BCUT2D eigenvalue weighted by Gasteiger charge is -2.35. The fourth-order valence-electron chi connectivity index (χ4n) is 4.44. The molecule has 2 aliphatic heterocycles. The number of nitrogens with zero attached hydrogens (tertiary/aromatic N) is 3. The van der Waals surface area contributed by atoms with Crippen LogP contribution in [0.3, 0.4) is 0 Å². The summed E-state index contributed by atoms with van der Waals surface area (Å²) in [6, 6.07) is 18.5. The maximum absolute atomic E-state index is 13.3. The Bertz CT molecular complexity index is 1200. The molecule has 3 aromatic rings. The van der Waals surface area contributed by atoms with Gasteiger partial charge in [-0.3, -0.25) is 4.98 Å². The first-order chi connectivity index (χ1) is 15.0. The number of rotatable bonds is 4. The summed E-state index contributed by atoms with van der Waals surface area (Å²) in [5.41, 5.74) is 1.46. The predicted molar refractivity (Wildman–Crippen MR) is 116 cm³/mol. The molecule has 0 spiro atoms. The normalized spacial score (nSPS) is 20.8. The number of amides is 1. The Hall–Kier alpha value is -2.97. The molecule has 8 heteroatoms. The average Bonchev–Trinajstić information content (AvgIpc) is 3.21. The number of benzene rings is 2. The van der Waals surface area contributed by atoms with Gasteiger partial charge in [-0.1, -0.05) is 48.5 Å². The molecule has 1 aromatic heterocycles. The second-order valence-corrected chi connectivity index (χ2v) is 9.81. The Balaban J connectivity index is 1.30. The SMILES string of the molecule is O=C1OC(c2ccccc2)CN1C1CCN(S(=O)(=O)c2cccc3cccnc23)CC1. The van der Waals surface area contributed by atoms with Crippen LogP contribution in [0.4, 0.5) is 4.79 Å². The molecule has 1 unspecified atom stereocenters. The van der Waals surface area contributed by atoms with Crippen molar-refractivity contribution in [2.75, 3.05) is 19.6 Å². The maximum atomic E-state index is 13.3. The minimum Gasteiger partial charge on any atom is -0.439 e. The second kappa shape index (κ2) is 7.94. The molecule has 2 saturated heterocycles. The third-order valence-corrected chi connectivity index (χ3v) is 8.02. The number of fused-ring (bicyclic) bond motifs is 1. The molecular weight excluding hydrogens is 414 g/mol. The largest absolute Gasteiger partial charge is 0.439 e. The van der Waals surface area contributed by atoms with Gasteiger partial charge in [0.05, 0.1) is 12.1 Å². The van der Waals surface area contributed by atoms with Crippen molar-refractivity contribution in [3.05, 3.63) is 72.4 Å². The van der Waals surface area contributed by atoms with Crippen molar-refractivity contribution in [2.24, 2.45) is 0 Å². The van der Waals surface area contributed by atoms with Gasteiger partial charge in [-0.25, -0.2) is 13.2 Å². The van der Waals surface area contributed by atoms with E-state index in [4.69, 9.17) is 4.74 Å². The van der Waals surface area contributed by atoms with E-state index in [9.17, 15) is 13.2 Å². The molecule has 31 heavy (non-hydrogen) atoms. The molecule has 0 N–H and O–H groups in total. The Morgan fingerprint density at radius 1 is 0.935 bits per heavy atom. The van der Waals surface area contributed by atoms with Crippen molar-refractivity contribution < 1.29 is 17.9 Å². The highest BCUT2D eigenvalue weighted by molar-refractivity contribution is 7.89. The number of hydrogen-bond donors (Lipinski definition) is 0. The van der Waals surface area contributed by atoms with Crippen molar-refractivity contribution in [1.82, 2.24) is 14.2 Å². The zero-order chi connectivity index (χ0) is 21.4. The number of hydrogen-bond acceptors (Lipinski definition) is 5. The molecule has 2 aromatic carbocycles. The monoisotopic (exact) mass is 437 g/mol. The molecule has 2 aliphatic rings. The molecule has 0 radical (unpaired) electrons. The predicted octanol–water partition coefficient (Wildman–Crippen LogP) is 3.58. The van der Waals surface area contributed by atoms with Gasteiger partial charge in [-0.15, -0.1) is 0 Å². The van der Waals surface area contributed by atoms with Gasteiger partial charge in [-0.2, -0.15) is 4.31 Å². The van der Waals surface area contributed by atoms with Crippen LogP contribution in [-0.4, -0.2) is 54.4 Å². The Morgan fingerprint density at radius 3 is 2.45 bits per heavy atom. The summed E-state index contributed by atoms with van der Waals surface area (Å²) in [7, 11) is -3.67. The van der Waals surface area contributed by atoms with Crippen LogP contribution in [0.5, 0.6) is 0 Å². The number of aromatic nitrogens is 1. The van der Waals surface area contributed by atoms with E-state index in [1.165, 1.54) is 4.31 Å². The van der Waals surface area contributed by atoms with Crippen LogP contribution in [0.25, 0.3) is 10.9 Å². The Morgan fingerprint density at radius 2 is 1.68 bits per heavy atom. The van der Waals surface area contributed by atoms with Gasteiger partial charge >= 0.3 is 6.09 Å². The fraction of sp³-hybridized carbons (Fsp3) is 0.304. The number of piperidine rings is 1. The van der Waals surface area contributed by atoms with E-state index in [0.29, 0.717) is 38.0 Å². The first kappa shape index (κ1) is 20.0. The molecule has 2 fully saturated rings. The van der Waals surface area contributed by atoms with Crippen LogP contribution in [0.15, 0.2) is 71.8 Å². The lowest BCUT2D eigenvalue weighted by atomic mass is 10.0. The Kier molecular flexibility index (Phi) is 5.11. The number of cyclic esters (lactones) is 1. The number of ether oxygens (including phenoxy) is 1. The van der Waals surface area contributed by atoms with Gasteiger partial charge in [-0.05, 0) is 30.5 Å². The number of carbonyl (C=O) groups excluding carboxylic acids is 1. The summed E-state index contributed by atoms with van der Waals surface area (Å²) in [5, 5.41) is 0.797. The molecule has 7 nitrogen and oxygen atoms in total. The summed E-state index contributed by atoms with van der Waals surface area (Å²) in [6.45, 7) is 1.21. The molecule has 5 rings (SSSR count). The smallest absolute Gasteiger partial charge is 0.410 e. The highest BCUT2D eigenvalue weighted by Gasteiger charge is 2.40. The van der Waals surface area contributed by atoms with Gasteiger partial charge in [0, 0.05) is 30.7 Å². The lowest BCUT2D eigenvalue weighted by Crippen LogP contribution is -2.47. The zero-order valence-electron chi connectivity index (χ0n) is 16.9. The van der Waals surface area contributed by atoms with Crippen LogP contribution in [0.2, 0.25) is 0 Å². The first-order valence-electron chi connectivity index (χ1n) is 10.4. The van der Waals surface area contributed by atoms with Gasteiger partial charge < -0.3 is 9.64 Å². The minimum absolute atomic E-state index is 0.0293. The van der Waals surface area contributed by atoms with E-state index in [1.807, 2.05) is 42.5 Å². The van der Waals surface area contributed by atoms with E-state index < -0.39 is 10.0 Å². The van der Waals surface area contributed by atoms with E-state index in [1.54, 1.807) is 29.3 Å². The van der Waals surface area contributed by atoms with Crippen LogP contribution in [-0.2, 0) is 14.8 Å². The third-order valence-electron chi connectivity index (χ3n) is 6.09. The highest BCUT2D eigenvalue weighted by Crippen LogP contribution is 2.32. The minimum atomic E-state index is -3.67. The van der Waals surface area contributed by atoms with Crippen LogP contribution >= 0.6 is 0 Å². The van der Waals surface area contributed by atoms with Crippen LogP contribution < -0.4 is 0 Å². The lowest BCUT2D eigenvalue weighted by molar-refractivity contribution is 0.121. The first-order valence-corrected chi connectivity index (χ1v) is 11.8. The molecule has 1 atom stereocenters. The molecule has 1 amide bonds. The molecule has 160 valence electrons. The molecule has 3 heterocycles. The van der Waals surface area contributed by atoms with Crippen LogP contribution in [0.1, 0.15) is 24.5 Å². The number of sulfonamides is 1. The number of pyridine rings is 1. The van der Waals surface area contributed by atoms with E-state index >= 15 is 0 Å². The van der Waals surface area contributed by atoms with Gasteiger partial charge in [0.25, 0.3) is 0 Å². The highest BCUT2D eigenvalue weighted by atomic mass is 32.2.